The van der Waals surface area contributed by atoms with E-state index in [1.165, 1.54) is 12.8 Å². The first-order valence-corrected chi connectivity index (χ1v) is 8.35. The zero-order chi connectivity index (χ0) is 16.5. The highest BCUT2D eigenvalue weighted by Crippen LogP contribution is 2.24. The second-order valence-electron chi connectivity index (χ2n) is 5.83. The molecule has 0 aromatic heterocycles. The van der Waals surface area contributed by atoms with Gasteiger partial charge < -0.3 is 9.84 Å². The average Bonchev–Trinajstić information content (AvgIpc) is 2.58. The summed E-state index contributed by atoms with van der Waals surface area (Å²) in [5, 5.41) is 9.31. The summed E-state index contributed by atoms with van der Waals surface area (Å²) < 4.78 is 19.3. The Balaban J connectivity index is 1.79. The van der Waals surface area contributed by atoms with Crippen LogP contribution in [0.15, 0.2) is 48.5 Å². The first kappa shape index (κ1) is 17.3. The molecule has 124 valence electrons. The van der Waals surface area contributed by atoms with Crippen LogP contribution in [0.2, 0.25) is 0 Å². The minimum Gasteiger partial charge on any atom is -0.508 e. The zero-order valence-corrected chi connectivity index (χ0v) is 13.7. The van der Waals surface area contributed by atoms with E-state index in [0.717, 1.165) is 24.0 Å². The van der Waals surface area contributed by atoms with E-state index < -0.39 is 6.17 Å². The molecule has 2 aromatic carbocycles. The van der Waals surface area contributed by atoms with Gasteiger partial charge in [-0.15, -0.1) is 0 Å². The number of hydrogen-bond donors (Lipinski definition) is 1. The molecule has 0 radical (unpaired) electrons. The third-order valence-corrected chi connectivity index (χ3v) is 3.86. The van der Waals surface area contributed by atoms with Crippen molar-refractivity contribution in [1.29, 1.82) is 0 Å². The number of rotatable bonds is 9. The monoisotopic (exact) mass is 316 g/mol. The summed E-state index contributed by atoms with van der Waals surface area (Å²) in [7, 11) is 0. The number of aromatic hydroxyl groups is 1. The van der Waals surface area contributed by atoms with E-state index in [9.17, 15) is 9.50 Å². The maximum atomic E-state index is 13.7. The predicted octanol–water partition coefficient (Wildman–Crippen LogP) is 5.75. The van der Waals surface area contributed by atoms with E-state index in [2.05, 4.69) is 6.92 Å². The Morgan fingerprint density at radius 3 is 2.13 bits per heavy atom. The fourth-order valence-corrected chi connectivity index (χ4v) is 2.46. The Morgan fingerprint density at radius 1 is 0.913 bits per heavy atom. The number of benzene rings is 2. The zero-order valence-electron chi connectivity index (χ0n) is 13.7. The molecule has 0 aliphatic carbocycles. The molecule has 3 heteroatoms. The molecule has 0 heterocycles. The van der Waals surface area contributed by atoms with E-state index in [-0.39, 0.29) is 12.4 Å². The minimum absolute atomic E-state index is 0.116. The van der Waals surface area contributed by atoms with E-state index >= 15 is 0 Å². The van der Waals surface area contributed by atoms with Crippen LogP contribution in [0.5, 0.6) is 11.5 Å². The smallest absolute Gasteiger partial charge is 0.134 e. The third-order valence-electron chi connectivity index (χ3n) is 3.86. The van der Waals surface area contributed by atoms with Gasteiger partial charge in [0.05, 0.1) is 0 Å². The van der Waals surface area contributed by atoms with E-state index in [1.807, 2.05) is 36.4 Å². The number of alkyl halides is 1. The van der Waals surface area contributed by atoms with Crippen LogP contribution in [0.4, 0.5) is 4.39 Å². The molecule has 0 spiro atoms. The maximum absolute atomic E-state index is 13.7. The largest absolute Gasteiger partial charge is 0.508 e. The number of unbranched alkanes of at least 4 members (excludes halogenated alkanes) is 3. The lowest BCUT2D eigenvalue weighted by molar-refractivity contribution is 0.184. The normalized spacial score (nSPS) is 12.1. The van der Waals surface area contributed by atoms with Gasteiger partial charge in [0.25, 0.3) is 0 Å². The van der Waals surface area contributed by atoms with Gasteiger partial charge in [-0.05, 0) is 41.8 Å². The van der Waals surface area contributed by atoms with Gasteiger partial charge in [0, 0.05) is 0 Å². The van der Waals surface area contributed by atoms with Gasteiger partial charge >= 0.3 is 0 Å². The van der Waals surface area contributed by atoms with E-state index in [4.69, 9.17) is 4.74 Å². The molecule has 0 bridgehead atoms. The number of phenols is 1. The summed E-state index contributed by atoms with van der Waals surface area (Å²) in [5.74, 6) is 0.936. The molecule has 0 aliphatic rings. The van der Waals surface area contributed by atoms with Crippen molar-refractivity contribution in [2.75, 3.05) is 6.61 Å². The van der Waals surface area contributed by atoms with Gasteiger partial charge in [-0.3, -0.25) is 0 Å². The Bertz CT molecular complexity index is 563. The molecule has 0 aliphatic heterocycles. The van der Waals surface area contributed by atoms with Crippen molar-refractivity contribution in [3.05, 3.63) is 48.5 Å². The average molecular weight is 316 g/mol. The molecule has 0 saturated heterocycles. The standard InChI is InChI=1S/C20H25FO2/c1-2-3-4-5-6-18(21)15-23-20-13-9-17(10-14-20)16-7-11-19(22)12-8-16/h7-14,18,22H,2-6,15H2,1H3. The molecule has 23 heavy (non-hydrogen) atoms. The highest BCUT2D eigenvalue weighted by atomic mass is 19.1. The van der Waals surface area contributed by atoms with E-state index in [1.54, 1.807) is 12.1 Å². The topological polar surface area (TPSA) is 29.5 Å². The number of phenolic OH excluding ortho intramolecular Hbond substituents is 1. The van der Waals surface area contributed by atoms with Crippen molar-refractivity contribution < 1.29 is 14.2 Å². The summed E-state index contributed by atoms with van der Waals surface area (Å²) >= 11 is 0. The van der Waals surface area contributed by atoms with Crippen molar-refractivity contribution in [3.8, 4) is 22.6 Å². The van der Waals surface area contributed by atoms with Crippen molar-refractivity contribution >= 4 is 0 Å². The summed E-state index contributed by atoms with van der Waals surface area (Å²) in [4.78, 5) is 0. The molecule has 0 saturated carbocycles. The quantitative estimate of drug-likeness (QED) is 0.597. The molecular weight excluding hydrogens is 291 g/mol. The second-order valence-corrected chi connectivity index (χ2v) is 5.83. The lowest BCUT2D eigenvalue weighted by atomic mass is 10.1. The van der Waals surface area contributed by atoms with Crippen LogP contribution >= 0.6 is 0 Å². The van der Waals surface area contributed by atoms with Gasteiger partial charge in [0.1, 0.15) is 24.3 Å². The number of ether oxygens (including phenoxy) is 1. The van der Waals surface area contributed by atoms with Crippen molar-refractivity contribution in [2.45, 2.75) is 45.2 Å². The molecule has 0 fully saturated rings. The van der Waals surface area contributed by atoms with Gasteiger partial charge in [-0.1, -0.05) is 56.9 Å². The fourth-order valence-electron chi connectivity index (χ4n) is 2.46. The van der Waals surface area contributed by atoms with Crippen LogP contribution < -0.4 is 4.74 Å². The highest BCUT2D eigenvalue weighted by Gasteiger charge is 2.07. The van der Waals surface area contributed by atoms with Crippen LogP contribution in [-0.2, 0) is 0 Å². The molecule has 1 N–H and O–H groups in total. The van der Waals surface area contributed by atoms with Crippen LogP contribution in [0.25, 0.3) is 11.1 Å². The number of hydrogen-bond acceptors (Lipinski definition) is 2. The molecule has 2 aromatic rings. The third kappa shape index (κ3) is 5.93. The Kier molecular flexibility index (Phi) is 6.92. The van der Waals surface area contributed by atoms with Crippen LogP contribution in [0, 0.1) is 0 Å². The molecule has 2 rings (SSSR count). The first-order valence-electron chi connectivity index (χ1n) is 8.35. The summed E-state index contributed by atoms with van der Waals surface area (Å²) in [6.45, 7) is 2.27. The van der Waals surface area contributed by atoms with Crippen LogP contribution in [-0.4, -0.2) is 17.9 Å². The molecule has 0 amide bonds. The van der Waals surface area contributed by atoms with Gasteiger partial charge in [-0.2, -0.15) is 0 Å². The Labute approximate surface area is 137 Å². The lowest BCUT2D eigenvalue weighted by Crippen LogP contribution is -2.12. The summed E-state index contributed by atoms with van der Waals surface area (Å²) in [6.07, 6.45) is 4.04. The van der Waals surface area contributed by atoms with Gasteiger partial charge in [-0.25, -0.2) is 4.39 Å². The van der Waals surface area contributed by atoms with Crippen molar-refractivity contribution in [2.24, 2.45) is 0 Å². The molecule has 1 atom stereocenters. The SMILES string of the molecule is CCCCCCC(F)COc1ccc(-c2ccc(O)cc2)cc1. The second kappa shape index (κ2) is 9.19. The fraction of sp³-hybridized carbons (Fsp3) is 0.400. The lowest BCUT2D eigenvalue weighted by Gasteiger charge is -2.11. The van der Waals surface area contributed by atoms with Crippen molar-refractivity contribution in [1.82, 2.24) is 0 Å². The van der Waals surface area contributed by atoms with Gasteiger partial charge in [0.2, 0.25) is 0 Å². The van der Waals surface area contributed by atoms with Gasteiger partial charge in [0.15, 0.2) is 0 Å². The molecule has 2 nitrogen and oxygen atoms in total. The van der Waals surface area contributed by atoms with Crippen LogP contribution in [0.1, 0.15) is 39.0 Å². The summed E-state index contributed by atoms with van der Waals surface area (Å²) in [5.41, 5.74) is 2.06. The minimum atomic E-state index is -0.899. The highest BCUT2D eigenvalue weighted by molar-refractivity contribution is 5.64. The van der Waals surface area contributed by atoms with Crippen LogP contribution in [0.3, 0.4) is 0 Å². The molecular formula is C20H25FO2. The maximum Gasteiger partial charge on any atom is 0.134 e. The first-order chi connectivity index (χ1) is 11.2. The Hall–Kier alpha value is -2.03. The van der Waals surface area contributed by atoms with Crippen molar-refractivity contribution in [3.63, 3.8) is 0 Å². The predicted molar refractivity (Wildman–Crippen MR) is 92.7 cm³/mol. The molecule has 1 unspecified atom stereocenters. The Morgan fingerprint density at radius 2 is 1.52 bits per heavy atom. The van der Waals surface area contributed by atoms with E-state index in [0.29, 0.717) is 12.2 Å². The number of halogens is 1. The summed E-state index contributed by atoms with van der Waals surface area (Å²) in [6, 6.07) is 14.6.